The summed E-state index contributed by atoms with van der Waals surface area (Å²) in [5, 5.41) is 0. The Morgan fingerprint density at radius 3 is 2.71 bits per heavy atom. The van der Waals surface area contributed by atoms with Crippen LogP contribution in [0, 0.1) is 0 Å². The molecule has 9 heteroatoms. The van der Waals surface area contributed by atoms with Crippen molar-refractivity contribution in [1.82, 2.24) is 9.62 Å². The Bertz CT molecular complexity index is 759. The number of nitrogens with zero attached hydrogens (tertiary/aromatic N) is 1. The molecule has 0 bridgehead atoms. The zero-order chi connectivity index (χ0) is 17.7. The van der Waals surface area contributed by atoms with Crippen LogP contribution in [0.3, 0.4) is 0 Å². The summed E-state index contributed by atoms with van der Waals surface area (Å²) in [6.45, 7) is 1.62. The summed E-state index contributed by atoms with van der Waals surface area (Å²) in [6.07, 6.45) is 0.910. The predicted molar refractivity (Wildman–Crippen MR) is 83.5 cm³/mol. The Hall–Kier alpha value is -2.26. The third-order valence-corrected chi connectivity index (χ3v) is 4.96. The van der Waals surface area contributed by atoms with E-state index in [0.29, 0.717) is 19.4 Å². The third kappa shape index (κ3) is 4.18. The van der Waals surface area contributed by atoms with Crippen LogP contribution in [0.4, 0.5) is 0 Å². The lowest BCUT2D eigenvalue weighted by Crippen LogP contribution is -2.35. The van der Waals surface area contributed by atoms with E-state index < -0.39 is 28.5 Å². The van der Waals surface area contributed by atoms with Crippen molar-refractivity contribution in [2.24, 2.45) is 0 Å². The van der Waals surface area contributed by atoms with Gasteiger partial charge in [0.2, 0.25) is 15.9 Å². The Labute approximate surface area is 139 Å². The van der Waals surface area contributed by atoms with E-state index in [9.17, 15) is 22.8 Å². The first-order valence-corrected chi connectivity index (χ1v) is 8.93. The van der Waals surface area contributed by atoms with Crippen molar-refractivity contribution in [2.45, 2.75) is 24.7 Å². The molecule has 1 fully saturated rings. The quantitative estimate of drug-likeness (QED) is 0.735. The van der Waals surface area contributed by atoms with Gasteiger partial charge in [-0.2, -0.15) is 0 Å². The average Bonchev–Trinajstić information content (AvgIpc) is 2.98. The van der Waals surface area contributed by atoms with Gasteiger partial charge in [-0.05, 0) is 24.6 Å². The molecule has 0 atom stereocenters. The van der Waals surface area contributed by atoms with Gasteiger partial charge in [-0.3, -0.25) is 14.5 Å². The molecule has 2 rings (SSSR count). The van der Waals surface area contributed by atoms with Crippen LogP contribution in [0.15, 0.2) is 29.2 Å². The van der Waals surface area contributed by atoms with E-state index in [1.54, 1.807) is 6.92 Å². The van der Waals surface area contributed by atoms with E-state index in [1.165, 1.54) is 24.3 Å². The second-order valence-corrected chi connectivity index (χ2v) is 6.91. The van der Waals surface area contributed by atoms with Crippen LogP contribution in [0.2, 0.25) is 0 Å². The number of amides is 2. The second kappa shape index (κ2) is 7.54. The largest absolute Gasteiger partial charge is 0.452 e. The number of likely N-dealkylation sites (tertiary alicyclic amines) is 1. The summed E-state index contributed by atoms with van der Waals surface area (Å²) >= 11 is 0. The van der Waals surface area contributed by atoms with Crippen molar-refractivity contribution in [3.63, 3.8) is 0 Å². The fourth-order valence-corrected chi connectivity index (χ4v) is 3.35. The van der Waals surface area contributed by atoms with Crippen molar-refractivity contribution in [3.8, 4) is 0 Å². The molecule has 2 amide bonds. The molecule has 1 aliphatic heterocycles. The van der Waals surface area contributed by atoms with Crippen molar-refractivity contribution in [1.29, 1.82) is 0 Å². The average molecular weight is 354 g/mol. The van der Waals surface area contributed by atoms with E-state index in [-0.39, 0.29) is 22.9 Å². The molecule has 0 aromatic heterocycles. The van der Waals surface area contributed by atoms with Gasteiger partial charge >= 0.3 is 5.97 Å². The lowest BCUT2D eigenvalue weighted by atomic mass is 10.2. The zero-order valence-corrected chi connectivity index (χ0v) is 14.0. The number of carbonyl (C=O) groups is 3. The number of hydrogen-bond donors (Lipinski definition) is 1. The van der Waals surface area contributed by atoms with Crippen molar-refractivity contribution in [2.75, 3.05) is 19.7 Å². The van der Waals surface area contributed by atoms with Gasteiger partial charge in [0.1, 0.15) is 0 Å². The van der Waals surface area contributed by atoms with E-state index in [0.717, 1.165) is 4.90 Å². The highest BCUT2D eigenvalue weighted by atomic mass is 32.2. The molecule has 1 aromatic carbocycles. The van der Waals surface area contributed by atoms with Gasteiger partial charge in [0.25, 0.3) is 5.91 Å². The number of sulfonamides is 1. The van der Waals surface area contributed by atoms with Crippen LogP contribution < -0.4 is 4.72 Å². The molecule has 0 radical (unpaired) electrons. The third-order valence-electron chi connectivity index (χ3n) is 3.42. The Morgan fingerprint density at radius 1 is 1.33 bits per heavy atom. The first-order valence-electron chi connectivity index (χ1n) is 7.45. The van der Waals surface area contributed by atoms with Crippen LogP contribution in [0.25, 0.3) is 0 Å². The number of ether oxygens (including phenoxy) is 1. The molecule has 1 heterocycles. The Morgan fingerprint density at radius 2 is 2.08 bits per heavy atom. The maximum Gasteiger partial charge on any atom is 0.338 e. The number of rotatable bonds is 6. The summed E-state index contributed by atoms with van der Waals surface area (Å²) in [6, 6.07) is 5.32. The smallest absolute Gasteiger partial charge is 0.338 e. The lowest BCUT2D eigenvalue weighted by Gasteiger charge is -2.13. The summed E-state index contributed by atoms with van der Waals surface area (Å²) in [7, 11) is -3.70. The molecular formula is C15H18N2O6S. The zero-order valence-electron chi connectivity index (χ0n) is 13.1. The number of esters is 1. The maximum atomic E-state index is 12.0. The standard InChI is InChI=1S/C15H18N2O6S/c1-2-16-24(21,22)12-6-3-5-11(9-12)15(20)23-10-14(19)17-8-4-7-13(17)18/h3,5-6,9,16H,2,4,7-8,10H2,1H3. The van der Waals surface area contributed by atoms with Gasteiger partial charge in [0.05, 0.1) is 10.5 Å². The van der Waals surface area contributed by atoms with E-state index >= 15 is 0 Å². The lowest BCUT2D eigenvalue weighted by molar-refractivity contribution is -0.143. The molecule has 0 spiro atoms. The molecule has 8 nitrogen and oxygen atoms in total. The van der Waals surface area contributed by atoms with Crippen molar-refractivity contribution >= 4 is 27.8 Å². The van der Waals surface area contributed by atoms with Crippen molar-refractivity contribution < 1.29 is 27.5 Å². The van der Waals surface area contributed by atoms with Crippen LogP contribution in [-0.4, -0.2) is 50.8 Å². The first-order chi connectivity index (χ1) is 11.3. The molecule has 1 saturated heterocycles. The fraction of sp³-hybridized carbons (Fsp3) is 0.400. The number of carbonyl (C=O) groups excluding carboxylic acids is 3. The van der Waals surface area contributed by atoms with Crippen LogP contribution >= 0.6 is 0 Å². The summed E-state index contributed by atoms with van der Waals surface area (Å²) in [5.74, 6) is -1.69. The number of hydrogen-bond acceptors (Lipinski definition) is 6. The van der Waals surface area contributed by atoms with E-state index in [2.05, 4.69) is 4.72 Å². The van der Waals surface area contributed by atoms with Gasteiger partial charge in [0, 0.05) is 19.5 Å². The summed E-state index contributed by atoms with van der Waals surface area (Å²) < 4.78 is 31.0. The number of benzene rings is 1. The van der Waals surface area contributed by atoms with Gasteiger partial charge in [-0.15, -0.1) is 0 Å². The minimum absolute atomic E-state index is 0.00882. The maximum absolute atomic E-state index is 12.0. The normalized spacial score (nSPS) is 14.7. The predicted octanol–water partition coefficient (Wildman–Crippen LogP) is 0.291. The van der Waals surface area contributed by atoms with Crippen LogP contribution in [0.1, 0.15) is 30.1 Å². The Balaban J connectivity index is 2.02. The van der Waals surface area contributed by atoms with Gasteiger partial charge in [-0.25, -0.2) is 17.9 Å². The fourth-order valence-electron chi connectivity index (χ4n) is 2.26. The SMILES string of the molecule is CCNS(=O)(=O)c1cccc(C(=O)OCC(=O)N2CCCC2=O)c1. The topological polar surface area (TPSA) is 110 Å². The minimum Gasteiger partial charge on any atom is -0.452 e. The van der Waals surface area contributed by atoms with Crippen molar-refractivity contribution in [3.05, 3.63) is 29.8 Å². The van der Waals surface area contributed by atoms with Crippen LogP contribution in [0.5, 0.6) is 0 Å². The summed E-state index contributed by atoms with van der Waals surface area (Å²) in [4.78, 5) is 36.2. The molecule has 1 N–H and O–H groups in total. The minimum atomic E-state index is -3.70. The molecule has 1 aliphatic rings. The molecule has 0 unspecified atom stereocenters. The first kappa shape index (κ1) is 18.1. The molecule has 130 valence electrons. The molecule has 1 aromatic rings. The monoisotopic (exact) mass is 354 g/mol. The summed E-state index contributed by atoms with van der Waals surface area (Å²) in [5.41, 5.74) is 0.00882. The molecule has 0 aliphatic carbocycles. The van der Waals surface area contributed by atoms with E-state index in [4.69, 9.17) is 4.74 Å². The highest BCUT2D eigenvalue weighted by Crippen LogP contribution is 2.13. The number of imide groups is 1. The van der Waals surface area contributed by atoms with Gasteiger partial charge in [-0.1, -0.05) is 13.0 Å². The number of nitrogens with one attached hydrogen (secondary N) is 1. The van der Waals surface area contributed by atoms with E-state index in [1.807, 2.05) is 0 Å². The molecular weight excluding hydrogens is 336 g/mol. The van der Waals surface area contributed by atoms with Gasteiger partial charge in [0.15, 0.2) is 6.61 Å². The Kier molecular flexibility index (Phi) is 5.68. The molecule has 24 heavy (non-hydrogen) atoms. The highest BCUT2D eigenvalue weighted by molar-refractivity contribution is 7.89. The highest BCUT2D eigenvalue weighted by Gasteiger charge is 2.27. The van der Waals surface area contributed by atoms with Gasteiger partial charge < -0.3 is 4.74 Å². The second-order valence-electron chi connectivity index (χ2n) is 5.15. The molecule has 0 saturated carbocycles. The van der Waals surface area contributed by atoms with Crippen LogP contribution in [-0.2, 0) is 24.3 Å².